The highest BCUT2D eigenvalue weighted by Crippen LogP contribution is 2.39. The van der Waals surface area contributed by atoms with E-state index in [4.69, 9.17) is 22.1 Å². The van der Waals surface area contributed by atoms with E-state index in [9.17, 15) is 0 Å². The fourth-order valence-electron chi connectivity index (χ4n) is 3.96. The number of halogens is 1. The first-order valence-electron chi connectivity index (χ1n) is 8.52. The summed E-state index contributed by atoms with van der Waals surface area (Å²) < 4.78 is 5.44. The highest BCUT2D eigenvalue weighted by atomic mass is 35.5. The Hall–Kier alpha value is -0.610. The van der Waals surface area contributed by atoms with Crippen molar-refractivity contribution in [3.8, 4) is 0 Å². The van der Waals surface area contributed by atoms with Crippen LogP contribution in [-0.2, 0) is 10.2 Å². The van der Waals surface area contributed by atoms with Crippen LogP contribution in [0.5, 0.6) is 0 Å². The molecule has 3 N–H and O–H groups in total. The Balaban J connectivity index is 1.61. The molecule has 1 aliphatic heterocycles. The molecule has 0 atom stereocenters. The highest BCUT2D eigenvalue weighted by molar-refractivity contribution is 6.30. The average Bonchev–Trinajstić information content (AvgIpc) is 2.57. The molecule has 1 aromatic carbocycles. The van der Waals surface area contributed by atoms with Gasteiger partial charge in [0.05, 0.1) is 0 Å². The number of benzene rings is 1. The van der Waals surface area contributed by atoms with Gasteiger partial charge in [-0.15, -0.1) is 0 Å². The summed E-state index contributed by atoms with van der Waals surface area (Å²) in [6.07, 6.45) is 6.97. The molecule has 0 aromatic heterocycles. The lowest BCUT2D eigenvalue weighted by molar-refractivity contribution is 0.0716. The van der Waals surface area contributed by atoms with E-state index in [1.807, 2.05) is 12.1 Å². The zero-order valence-electron chi connectivity index (χ0n) is 13.2. The number of nitrogens with one attached hydrogen (secondary N) is 1. The average molecular weight is 323 g/mol. The van der Waals surface area contributed by atoms with Gasteiger partial charge in [0.1, 0.15) is 0 Å². The second-order valence-electron chi connectivity index (χ2n) is 6.82. The van der Waals surface area contributed by atoms with Crippen molar-refractivity contribution in [1.82, 2.24) is 5.32 Å². The summed E-state index contributed by atoms with van der Waals surface area (Å²) in [6.45, 7) is 2.51. The molecule has 0 radical (unpaired) electrons. The molecule has 1 aromatic rings. The molecule has 4 heteroatoms. The van der Waals surface area contributed by atoms with Crippen molar-refractivity contribution in [1.29, 1.82) is 0 Å². The van der Waals surface area contributed by atoms with Crippen LogP contribution in [0.1, 0.15) is 44.1 Å². The van der Waals surface area contributed by atoms with Crippen molar-refractivity contribution in [2.45, 2.75) is 56.0 Å². The first kappa shape index (κ1) is 16.3. The molecule has 1 aliphatic carbocycles. The van der Waals surface area contributed by atoms with Gasteiger partial charge in [-0.1, -0.05) is 23.7 Å². The summed E-state index contributed by atoms with van der Waals surface area (Å²) in [5.41, 5.74) is 7.59. The van der Waals surface area contributed by atoms with E-state index in [0.29, 0.717) is 18.6 Å². The van der Waals surface area contributed by atoms with E-state index < -0.39 is 0 Å². The quantitative estimate of drug-likeness (QED) is 0.894. The molecule has 0 spiro atoms. The molecule has 122 valence electrons. The molecule has 0 unspecified atom stereocenters. The Labute approximate surface area is 138 Å². The monoisotopic (exact) mass is 322 g/mol. The number of hydrogen-bond acceptors (Lipinski definition) is 3. The molecule has 1 heterocycles. The van der Waals surface area contributed by atoms with Gasteiger partial charge in [-0.2, -0.15) is 0 Å². The topological polar surface area (TPSA) is 47.3 Å². The van der Waals surface area contributed by atoms with Crippen molar-refractivity contribution in [3.05, 3.63) is 34.9 Å². The number of rotatable bonds is 4. The smallest absolute Gasteiger partial charge is 0.0480 e. The lowest BCUT2D eigenvalue weighted by Gasteiger charge is -2.41. The third-order valence-electron chi connectivity index (χ3n) is 5.46. The van der Waals surface area contributed by atoms with Crippen LogP contribution >= 0.6 is 11.6 Å². The molecule has 2 fully saturated rings. The summed E-state index contributed by atoms with van der Waals surface area (Å²) in [7, 11) is 0. The molecule has 1 saturated carbocycles. The zero-order valence-corrected chi connectivity index (χ0v) is 13.9. The first-order chi connectivity index (χ1) is 10.7. The summed E-state index contributed by atoms with van der Waals surface area (Å²) in [6, 6.07) is 9.53. The van der Waals surface area contributed by atoms with Crippen molar-refractivity contribution < 1.29 is 4.74 Å². The number of ether oxygens (including phenoxy) is 1. The Morgan fingerprint density at radius 2 is 1.82 bits per heavy atom. The predicted octanol–water partition coefficient (Wildman–Crippen LogP) is 3.25. The minimum absolute atomic E-state index is 0.110. The predicted molar refractivity (Wildman–Crippen MR) is 91.4 cm³/mol. The van der Waals surface area contributed by atoms with E-state index in [2.05, 4.69) is 17.4 Å². The maximum absolute atomic E-state index is 6.18. The Bertz CT molecular complexity index is 480. The Morgan fingerprint density at radius 1 is 1.14 bits per heavy atom. The van der Waals surface area contributed by atoms with E-state index >= 15 is 0 Å². The minimum atomic E-state index is 0.110. The fourth-order valence-corrected chi connectivity index (χ4v) is 4.15. The Kier molecular flexibility index (Phi) is 5.40. The molecular formula is C18H27ClN2O. The van der Waals surface area contributed by atoms with Crippen molar-refractivity contribution >= 4 is 11.6 Å². The van der Waals surface area contributed by atoms with Gasteiger partial charge in [0.25, 0.3) is 0 Å². The van der Waals surface area contributed by atoms with Crippen molar-refractivity contribution in [2.75, 3.05) is 19.8 Å². The van der Waals surface area contributed by atoms with Crippen LogP contribution in [-0.4, -0.2) is 31.8 Å². The third-order valence-corrected chi connectivity index (χ3v) is 5.70. The normalized spacial score (nSPS) is 30.4. The van der Waals surface area contributed by atoms with Gasteiger partial charge in [0.2, 0.25) is 0 Å². The van der Waals surface area contributed by atoms with E-state index in [1.165, 1.54) is 18.4 Å². The van der Waals surface area contributed by atoms with Crippen LogP contribution < -0.4 is 11.1 Å². The molecule has 1 saturated heterocycles. The lowest BCUT2D eigenvalue weighted by atomic mass is 9.68. The maximum atomic E-state index is 6.18. The van der Waals surface area contributed by atoms with Crippen LogP contribution in [0, 0.1) is 0 Å². The second-order valence-corrected chi connectivity index (χ2v) is 7.26. The van der Waals surface area contributed by atoms with E-state index in [-0.39, 0.29) is 5.41 Å². The maximum Gasteiger partial charge on any atom is 0.0480 e. The van der Waals surface area contributed by atoms with Gasteiger partial charge < -0.3 is 15.8 Å². The van der Waals surface area contributed by atoms with Gasteiger partial charge in [0, 0.05) is 42.3 Å². The van der Waals surface area contributed by atoms with Gasteiger partial charge in [-0.05, 0) is 56.2 Å². The zero-order chi connectivity index (χ0) is 15.4. The summed E-state index contributed by atoms with van der Waals surface area (Å²) in [4.78, 5) is 0. The molecule has 22 heavy (non-hydrogen) atoms. The fraction of sp³-hybridized carbons (Fsp3) is 0.667. The number of hydrogen-bond donors (Lipinski definition) is 2. The van der Waals surface area contributed by atoms with Crippen LogP contribution in [0.25, 0.3) is 0 Å². The molecule has 0 bridgehead atoms. The highest BCUT2D eigenvalue weighted by Gasteiger charge is 2.36. The Morgan fingerprint density at radius 3 is 2.45 bits per heavy atom. The largest absolute Gasteiger partial charge is 0.381 e. The van der Waals surface area contributed by atoms with Crippen molar-refractivity contribution in [3.63, 3.8) is 0 Å². The van der Waals surface area contributed by atoms with Gasteiger partial charge in [-0.25, -0.2) is 0 Å². The standard InChI is InChI=1S/C18H27ClN2O/c19-15-3-1-2-14(12-15)18(13-20)8-4-16(5-9-18)21-17-6-10-22-11-7-17/h1-3,12,16-17,21H,4-11,13,20H2. The van der Waals surface area contributed by atoms with Gasteiger partial charge in [-0.3, -0.25) is 0 Å². The molecule has 3 nitrogen and oxygen atoms in total. The SMILES string of the molecule is NCC1(c2cccc(Cl)c2)CCC(NC2CCOCC2)CC1. The summed E-state index contributed by atoms with van der Waals surface area (Å²) >= 11 is 6.18. The van der Waals surface area contributed by atoms with E-state index in [0.717, 1.165) is 43.9 Å². The molecule has 0 amide bonds. The molecule has 2 aliphatic rings. The van der Waals surface area contributed by atoms with Crippen LogP contribution in [0.2, 0.25) is 5.02 Å². The van der Waals surface area contributed by atoms with Crippen LogP contribution in [0.4, 0.5) is 0 Å². The molecule has 3 rings (SSSR count). The lowest BCUT2D eigenvalue weighted by Crippen LogP contribution is -2.47. The third kappa shape index (κ3) is 3.65. The summed E-state index contributed by atoms with van der Waals surface area (Å²) in [5, 5.41) is 4.65. The number of nitrogens with two attached hydrogens (primary N) is 1. The van der Waals surface area contributed by atoms with E-state index in [1.54, 1.807) is 0 Å². The van der Waals surface area contributed by atoms with Gasteiger partial charge in [0.15, 0.2) is 0 Å². The second kappa shape index (κ2) is 7.31. The molecular weight excluding hydrogens is 296 g/mol. The minimum Gasteiger partial charge on any atom is -0.381 e. The van der Waals surface area contributed by atoms with Crippen molar-refractivity contribution in [2.24, 2.45) is 5.73 Å². The van der Waals surface area contributed by atoms with Gasteiger partial charge >= 0.3 is 0 Å². The first-order valence-corrected chi connectivity index (χ1v) is 8.89. The summed E-state index contributed by atoms with van der Waals surface area (Å²) in [5.74, 6) is 0. The van der Waals surface area contributed by atoms with Crippen LogP contribution in [0.3, 0.4) is 0 Å². The van der Waals surface area contributed by atoms with Crippen LogP contribution in [0.15, 0.2) is 24.3 Å².